The first kappa shape index (κ1) is 16.6. The molecule has 0 aliphatic carbocycles. The molecule has 0 fully saturated rings. The first-order valence-electron chi connectivity index (χ1n) is 6.26. The molecule has 0 spiro atoms. The molecule has 0 atom stereocenters. The SMILES string of the molecule is CC(=O)N(CCNS(=O)(=O)N(C)C)c1ccc(C)cc1. The summed E-state index contributed by atoms with van der Waals surface area (Å²) in [5.74, 6) is -0.127. The van der Waals surface area contributed by atoms with E-state index in [-0.39, 0.29) is 19.0 Å². The van der Waals surface area contributed by atoms with E-state index in [4.69, 9.17) is 0 Å². The number of nitrogens with one attached hydrogen (secondary N) is 1. The van der Waals surface area contributed by atoms with E-state index in [1.807, 2.05) is 31.2 Å². The Bertz CT molecular complexity index is 553. The van der Waals surface area contributed by atoms with E-state index in [0.717, 1.165) is 15.6 Å². The molecule has 1 aromatic rings. The molecule has 0 aliphatic rings. The Kier molecular flexibility index (Phi) is 5.67. The molecular formula is C13H21N3O3S. The number of benzene rings is 1. The van der Waals surface area contributed by atoms with Crippen molar-refractivity contribution >= 4 is 21.8 Å². The lowest BCUT2D eigenvalue weighted by Crippen LogP contribution is -2.41. The van der Waals surface area contributed by atoms with Crippen LogP contribution in [-0.4, -0.2) is 45.8 Å². The zero-order valence-corrected chi connectivity index (χ0v) is 13.1. The van der Waals surface area contributed by atoms with Gasteiger partial charge in [0.25, 0.3) is 10.2 Å². The van der Waals surface area contributed by atoms with Crippen LogP contribution in [0.1, 0.15) is 12.5 Å². The van der Waals surface area contributed by atoms with Crippen molar-refractivity contribution in [1.82, 2.24) is 9.03 Å². The van der Waals surface area contributed by atoms with Crippen LogP contribution in [-0.2, 0) is 15.0 Å². The van der Waals surface area contributed by atoms with Crippen molar-refractivity contribution in [3.05, 3.63) is 29.8 Å². The van der Waals surface area contributed by atoms with Crippen LogP contribution in [0.15, 0.2) is 24.3 Å². The molecule has 0 unspecified atom stereocenters. The number of aryl methyl sites for hydroxylation is 1. The third kappa shape index (κ3) is 4.59. The Morgan fingerprint density at radius 1 is 1.20 bits per heavy atom. The highest BCUT2D eigenvalue weighted by Crippen LogP contribution is 2.14. The van der Waals surface area contributed by atoms with Crippen LogP contribution in [0.3, 0.4) is 0 Å². The molecule has 1 N–H and O–H groups in total. The van der Waals surface area contributed by atoms with Gasteiger partial charge in [0.2, 0.25) is 5.91 Å². The lowest BCUT2D eigenvalue weighted by molar-refractivity contribution is -0.116. The van der Waals surface area contributed by atoms with Gasteiger partial charge >= 0.3 is 0 Å². The predicted molar refractivity (Wildman–Crippen MR) is 79.8 cm³/mol. The van der Waals surface area contributed by atoms with E-state index < -0.39 is 10.2 Å². The summed E-state index contributed by atoms with van der Waals surface area (Å²) in [6.07, 6.45) is 0. The van der Waals surface area contributed by atoms with Crippen molar-refractivity contribution in [2.75, 3.05) is 32.1 Å². The van der Waals surface area contributed by atoms with Gasteiger partial charge in [0.1, 0.15) is 0 Å². The average molecular weight is 299 g/mol. The second-order valence-corrected chi connectivity index (χ2v) is 6.66. The normalized spacial score (nSPS) is 11.7. The number of amides is 1. The second-order valence-electron chi connectivity index (χ2n) is 4.69. The summed E-state index contributed by atoms with van der Waals surface area (Å²) in [7, 11) is -0.564. The van der Waals surface area contributed by atoms with Crippen molar-refractivity contribution in [3.63, 3.8) is 0 Å². The Balaban J connectivity index is 2.70. The number of hydrogen-bond donors (Lipinski definition) is 1. The monoisotopic (exact) mass is 299 g/mol. The molecule has 7 heteroatoms. The van der Waals surface area contributed by atoms with Crippen LogP contribution in [0.2, 0.25) is 0 Å². The number of anilines is 1. The van der Waals surface area contributed by atoms with Crippen molar-refractivity contribution < 1.29 is 13.2 Å². The van der Waals surface area contributed by atoms with E-state index in [1.54, 1.807) is 0 Å². The zero-order valence-electron chi connectivity index (χ0n) is 12.3. The van der Waals surface area contributed by atoms with Gasteiger partial charge in [-0.25, -0.2) is 4.72 Å². The van der Waals surface area contributed by atoms with E-state index in [2.05, 4.69) is 4.72 Å². The van der Waals surface area contributed by atoms with Gasteiger partial charge in [0.05, 0.1) is 0 Å². The first-order chi connectivity index (χ1) is 9.24. The molecule has 0 saturated carbocycles. The summed E-state index contributed by atoms with van der Waals surface area (Å²) in [5.41, 5.74) is 1.86. The molecule has 1 rings (SSSR count). The highest BCUT2D eigenvalue weighted by Gasteiger charge is 2.15. The fourth-order valence-corrected chi connectivity index (χ4v) is 2.22. The maximum Gasteiger partial charge on any atom is 0.278 e. The highest BCUT2D eigenvalue weighted by molar-refractivity contribution is 7.87. The maximum atomic E-state index is 11.7. The smallest absolute Gasteiger partial charge is 0.278 e. The van der Waals surface area contributed by atoms with E-state index in [9.17, 15) is 13.2 Å². The maximum absolute atomic E-state index is 11.7. The van der Waals surface area contributed by atoms with Gasteiger partial charge in [0, 0.05) is 39.8 Å². The lowest BCUT2D eigenvalue weighted by Gasteiger charge is -2.22. The molecule has 0 aromatic heterocycles. The molecular weight excluding hydrogens is 278 g/mol. The van der Waals surface area contributed by atoms with Crippen LogP contribution in [0.4, 0.5) is 5.69 Å². The second kappa shape index (κ2) is 6.83. The number of carbonyl (C=O) groups excluding carboxylic acids is 1. The average Bonchev–Trinajstić information content (AvgIpc) is 2.35. The summed E-state index contributed by atoms with van der Waals surface area (Å²) in [6, 6.07) is 7.51. The topological polar surface area (TPSA) is 69.7 Å². The molecule has 0 radical (unpaired) electrons. The number of carbonyl (C=O) groups is 1. The molecule has 0 aliphatic heterocycles. The fourth-order valence-electron chi connectivity index (χ4n) is 1.61. The lowest BCUT2D eigenvalue weighted by atomic mass is 10.2. The summed E-state index contributed by atoms with van der Waals surface area (Å²) in [4.78, 5) is 13.2. The summed E-state index contributed by atoms with van der Waals surface area (Å²) >= 11 is 0. The van der Waals surface area contributed by atoms with Crippen LogP contribution in [0, 0.1) is 6.92 Å². The van der Waals surface area contributed by atoms with E-state index in [1.165, 1.54) is 25.9 Å². The Hall–Kier alpha value is -1.44. The number of nitrogens with zero attached hydrogens (tertiary/aromatic N) is 2. The number of hydrogen-bond acceptors (Lipinski definition) is 3. The number of rotatable bonds is 6. The van der Waals surface area contributed by atoms with Crippen LogP contribution >= 0.6 is 0 Å². The first-order valence-corrected chi connectivity index (χ1v) is 7.70. The fraction of sp³-hybridized carbons (Fsp3) is 0.462. The van der Waals surface area contributed by atoms with Gasteiger partial charge in [-0.05, 0) is 19.1 Å². The summed E-state index contributed by atoms with van der Waals surface area (Å²) < 4.78 is 26.7. The predicted octanol–water partition coefficient (Wildman–Crippen LogP) is 0.744. The van der Waals surface area contributed by atoms with E-state index >= 15 is 0 Å². The highest BCUT2D eigenvalue weighted by atomic mass is 32.2. The van der Waals surface area contributed by atoms with Gasteiger partial charge in [-0.1, -0.05) is 17.7 Å². The minimum Gasteiger partial charge on any atom is -0.311 e. The molecule has 1 amide bonds. The molecule has 0 bridgehead atoms. The van der Waals surface area contributed by atoms with Gasteiger partial charge in [0.15, 0.2) is 0 Å². The van der Waals surface area contributed by atoms with Gasteiger partial charge in [-0.15, -0.1) is 0 Å². The summed E-state index contributed by atoms with van der Waals surface area (Å²) in [6.45, 7) is 3.87. The Labute approximate surface area is 120 Å². The van der Waals surface area contributed by atoms with Crippen LogP contribution in [0.5, 0.6) is 0 Å². The van der Waals surface area contributed by atoms with Gasteiger partial charge in [-0.2, -0.15) is 12.7 Å². The van der Waals surface area contributed by atoms with Crippen LogP contribution in [0.25, 0.3) is 0 Å². The van der Waals surface area contributed by atoms with Crippen molar-refractivity contribution in [3.8, 4) is 0 Å². The van der Waals surface area contributed by atoms with Crippen molar-refractivity contribution in [2.24, 2.45) is 0 Å². The molecule has 1 aromatic carbocycles. The van der Waals surface area contributed by atoms with Gasteiger partial charge < -0.3 is 4.90 Å². The van der Waals surface area contributed by atoms with Crippen LogP contribution < -0.4 is 9.62 Å². The minimum absolute atomic E-state index is 0.127. The molecule has 0 saturated heterocycles. The largest absolute Gasteiger partial charge is 0.311 e. The Morgan fingerprint density at radius 2 is 1.75 bits per heavy atom. The van der Waals surface area contributed by atoms with Crippen molar-refractivity contribution in [1.29, 1.82) is 0 Å². The zero-order chi connectivity index (χ0) is 15.3. The van der Waals surface area contributed by atoms with E-state index in [0.29, 0.717) is 0 Å². The Morgan fingerprint density at radius 3 is 2.20 bits per heavy atom. The summed E-state index contributed by atoms with van der Waals surface area (Å²) in [5, 5.41) is 0. The molecule has 20 heavy (non-hydrogen) atoms. The van der Waals surface area contributed by atoms with Crippen molar-refractivity contribution in [2.45, 2.75) is 13.8 Å². The third-order valence-corrected chi connectivity index (χ3v) is 4.36. The molecule has 112 valence electrons. The molecule has 0 heterocycles. The minimum atomic E-state index is -3.46. The standard InChI is InChI=1S/C13H21N3O3S/c1-11-5-7-13(8-6-11)16(12(2)17)10-9-14-20(18,19)15(3)4/h5-8,14H,9-10H2,1-4H3. The molecule has 6 nitrogen and oxygen atoms in total. The quantitative estimate of drug-likeness (QED) is 0.842. The van der Waals surface area contributed by atoms with Gasteiger partial charge in [-0.3, -0.25) is 4.79 Å². The third-order valence-electron chi connectivity index (χ3n) is 2.83.